The van der Waals surface area contributed by atoms with E-state index in [9.17, 15) is 8.42 Å². The normalized spacial score (nSPS) is 15.4. The van der Waals surface area contributed by atoms with E-state index in [1.54, 1.807) is 16.4 Å². The van der Waals surface area contributed by atoms with Gasteiger partial charge in [-0.05, 0) is 56.5 Å². The minimum absolute atomic E-state index is 0.140. The van der Waals surface area contributed by atoms with Gasteiger partial charge in [0, 0.05) is 19.1 Å². The molecule has 0 aromatic heterocycles. The summed E-state index contributed by atoms with van der Waals surface area (Å²) in [4.78, 5) is 0.432. The summed E-state index contributed by atoms with van der Waals surface area (Å²) in [7, 11) is -1.60. The monoisotopic (exact) mass is 308 g/mol. The van der Waals surface area contributed by atoms with Crippen molar-refractivity contribution in [3.63, 3.8) is 0 Å². The van der Waals surface area contributed by atoms with Gasteiger partial charge in [-0.2, -0.15) is 4.31 Å². The maximum atomic E-state index is 13.0. The summed E-state index contributed by atoms with van der Waals surface area (Å²) in [5, 5.41) is 3.07. The highest BCUT2D eigenvalue weighted by Crippen LogP contribution is 2.33. The molecule has 0 saturated heterocycles. The first kappa shape index (κ1) is 16.2. The Balaban J connectivity index is 2.49. The molecule has 0 aliphatic heterocycles. The first-order valence-electron chi connectivity index (χ1n) is 7.29. The van der Waals surface area contributed by atoms with Gasteiger partial charge >= 0.3 is 0 Å². The van der Waals surface area contributed by atoms with E-state index in [0.29, 0.717) is 18.0 Å². The third kappa shape index (κ3) is 3.36. The predicted octanol–water partition coefficient (Wildman–Crippen LogP) is 2.36. The minimum Gasteiger partial charge on any atom is -0.316 e. The molecule has 1 aliphatic carbocycles. The molecule has 1 aliphatic rings. The van der Waals surface area contributed by atoms with Crippen LogP contribution in [0.3, 0.4) is 0 Å². The fourth-order valence-electron chi connectivity index (χ4n) is 2.53. The summed E-state index contributed by atoms with van der Waals surface area (Å²) in [5.41, 5.74) is 2.84. The molecule has 1 saturated carbocycles. The summed E-state index contributed by atoms with van der Waals surface area (Å²) in [6, 6.07) is 3.98. The van der Waals surface area contributed by atoms with Crippen LogP contribution in [0.5, 0.6) is 0 Å². The number of aryl methyl sites for hydroxylation is 1. The van der Waals surface area contributed by atoms with Crippen molar-refractivity contribution in [3.8, 4) is 0 Å². The lowest BCUT2D eigenvalue weighted by molar-refractivity contribution is 0.435. The molecule has 4 nitrogen and oxygen atoms in total. The number of rotatable bonds is 7. The van der Waals surface area contributed by atoms with Gasteiger partial charge in [0.1, 0.15) is 0 Å². The third-order valence-electron chi connectivity index (χ3n) is 3.91. The minimum atomic E-state index is -3.46. The van der Waals surface area contributed by atoms with Crippen LogP contribution in [0.15, 0.2) is 29.7 Å². The SMILES string of the molecule is C=CCN(C1CC1)S(=O)(=O)c1cc(CNC)cc(C)c1C. The Bertz CT molecular complexity index is 634. The second kappa shape index (κ2) is 6.30. The Labute approximate surface area is 127 Å². The molecular weight excluding hydrogens is 284 g/mol. The largest absolute Gasteiger partial charge is 0.316 e. The van der Waals surface area contributed by atoms with Crippen molar-refractivity contribution in [1.82, 2.24) is 9.62 Å². The molecule has 0 unspecified atom stereocenters. The summed E-state index contributed by atoms with van der Waals surface area (Å²) in [5.74, 6) is 0. The van der Waals surface area contributed by atoms with E-state index < -0.39 is 10.0 Å². The van der Waals surface area contributed by atoms with Gasteiger partial charge in [0.2, 0.25) is 10.0 Å². The van der Waals surface area contributed by atoms with Crippen molar-refractivity contribution in [1.29, 1.82) is 0 Å². The molecule has 1 aromatic rings. The van der Waals surface area contributed by atoms with Crippen molar-refractivity contribution in [2.24, 2.45) is 0 Å². The van der Waals surface area contributed by atoms with Gasteiger partial charge in [-0.25, -0.2) is 8.42 Å². The van der Waals surface area contributed by atoms with Gasteiger partial charge in [-0.3, -0.25) is 0 Å². The fraction of sp³-hybridized carbons (Fsp3) is 0.500. The second-order valence-corrected chi connectivity index (χ2v) is 7.52. The van der Waals surface area contributed by atoms with Crippen molar-refractivity contribution in [2.75, 3.05) is 13.6 Å². The van der Waals surface area contributed by atoms with E-state index >= 15 is 0 Å². The van der Waals surface area contributed by atoms with E-state index in [-0.39, 0.29) is 6.04 Å². The highest BCUT2D eigenvalue weighted by Gasteiger charge is 2.38. The quantitative estimate of drug-likeness (QED) is 0.787. The number of nitrogens with zero attached hydrogens (tertiary/aromatic N) is 1. The van der Waals surface area contributed by atoms with Crippen LogP contribution in [-0.4, -0.2) is 32.4 Å². The number of benzene rings is 1. The molecule has 5 heteroatoms. The van der Waals surface area contributed by atoms with Crippen LogP contribution in [0.4, 0.5) is 0 Å². The van der Waals surface area contributed by atoms with Gasteiger partial charge in [0.25, 0.3) is 0 Å². The van der Waals surface area contributed by atoms with Crippen LogP contribution in [-0.2, 0) is 16.6 Å². The van der Waals surface area contributed by atoms with Crippen molar-refractivity contribution >= 4 is 10.0 Å². The number of hydrogen-bond acceptors (Lipinski definition) is 3. The lowest BCUT2D eigenvalue weighted by Crippen LogP contribution is -2.34. The standard InChI is InChI=1S/C16H24N2O2S/c1-5-8-18(15-6-7-15)21(19,20)16-10-14(11-17-4)9-12(2)13(16)3/h5,9-10,15,17H,1,6-8,11H2,2-4H3. The summed E-state index contributed by atoms with van der Waals surface area (Å²) >= 11 is 0. The van der Waals surface area contributed by atoms with Crippen LogP contribution in [0.25, 0.3) is 0 Å². The molecule has 0 amide bonds. The first-order chi connectivity index (χ1) is 9.91. The summed E-state index contributed by atoms with van der Waals surface area (Å²) in [6.07, 6.45) is 3.55. The molecule has 2 rings (SSSR count). The molecule has 116 valence electrons. The Morgan fingerprint density at radius 2 is 2.05 bits per heavy atom. The molecule has 0 spiro atoms. The van der Waals surface area contributed by atoms with Crippen molar-refractivity contribution in [3.05, 3.63) is 41.5 Å². The van der Waals surface area contributed by atoms with Crippen LogP contribution in [0, 0.1) is 13.8 Å². The fourth-order valence-corrected chi connectivity index (χ4v) is 4.54. The molecule has 1 aromatic carbocycles. The van der Waals surface area contributed by atoms with E-state index in [1.807, 2.05) is 27.0 Å². The smallest absolute Gasteiger partial charge is 0.243 e. The van der Waals surface area contributed by atoms with Crippen LogP contribution in [0.1, 0.15) is 29.5 Å². The van der Waals surface area contributed by atoms with Gasteiger partial charge in [0.15, 0.2) is 0 Å². The predicted molar refractivity (Wildman–Crippen MR) is 85.8 cm³/mol. The van der Waals surface area contributed by atoms with E-state index in [4.69, 9.17) is 0 Å². The zero-order chi connectivity index (χ0) is 15.6. The Kier molecular flexibility index (Phi) is 4.86. The van der Waals surface area contributed by atoms with Gasteiger partial charge in [-0.1, -0.05) is 12.1 Å². The molecule has 0 atom stereocenters. The van der Waals surface area contributed by atoms with E-state index in [2.05, 4.69) is 11.9 Å². The molecule has 21 heavy (non-hydrogen) atoms. The van der Waals surface area contributed by atoms with Crippen molar-refractivity contribution in [2.45, 2.75) is 44.2 Å². The zero-order valence-corrected chi connectivity index (χ0v) is 13.8. The van der Waals surface area contributed by atoms with Crippen LogP contribution >= 0.6 is 0 Å². The number of nitrogens with one attached hydrogen (secondary N) is 1. The highest BCUT2D eigenvalue weighted by atomic mass is 32.2. The molecule has 0 bridgehead atoms. The van der Waals surface area contributed by atoms with Crippen LogP contribution < -0.4 is 5.32 Å². The summed E-state index contributed by atoms with van der Waals surface area (Å²) < 4.78 is 27.6. The molecule has 1 N–H and O–H groups in total. The molecule has 1 fully saturated rings. The lowest BCUT2D eigenvalue weighted by atomic mass is 10.1. The Morgan fingerprint density at radius 3 is 2.57 bits per heavy atom. The topological polar surface area (TPSA) is 49.4 Å². The van der Waals surface area contributed by atoms with Gasteiger partial charge < -0.3 is 5.32 Å². The Hall–Kier alpha value is -1.17. The lowest BCUT2D eigenvalue weighted by Gasteiger charge is -2.22. The van der Waals surface area contributed by atoms with Crippen LogP contribution in [0.2, 0.25) is 0 Å². The van der Waals surface area contributed by atoms with Crippen molar-refractivity contribution < 1.29 is 8.42 Å². The van der Waals surface area contributed by atoms with Gasteiger partial charge in [-0.15, -0.1) is 6.58 Å². The maximum Gasteiger partial charge on any atom is 0.243 e. The third-order valence-corrected chi connectivity index (χ3v) is 5.95. The van der Waals surface area contributed by atoms with Gasteiger partial charge in [0.05, 0.1) is 4.90 Å². The van der Waals surface area contributed by atoms with E-state index in [1.165, 1.54) is 0 Å². The number of sulfonamides is 1. The summed E-state index contributed by atoms with van der Waals surface area (Å²) in [6.45, 7) is 8.57. The molecular formula is C16H24N2O2S. The zero-order valence-electron chi connectivity index (χ0n) is 13.0. The molecule has 0 radical (unpaired) electrons. The number of hydrogen-bond donors (Lipinski definition) is 1. The maximum absolute atomic E-state index is 13.0. The highest BCUT2D eigenvalue weighted by molar-refractivity contribution is 7.89. The molecule has 0 heterocycles. The van der Waals surface area contributed by atoms with E-state index in [0.717, 1.165) is 29.5 Å². The second-order valence-electron chi connectivity index (χ2n) is 5.66. The first-order valence-corrected chi connectivity index (χ1v) is 8.73. The average Bonchev–Trinajstić information content (AvgIpc) is 3.24. The Morgan fingerprint density at radius 1 is 1.38 bits per heavy atom. The average molecular weight is 308 g/mol.